The fourth-order valence-electron chi connectivity index (χ4n) is 0. The molecule has 9 heavy (non-hydrogen) atoms. The van der Waals surface area contributed by atoms with Crippen LogP contribution in [-0.4, -0.2) is 56.8 Å². The molecule has 6 N–H and O–H groups in total. The van der Waals surface area contributed by atoms with Gasteiger partial charge in [-0.3, -0.25) is 0 Å². The molecule has 0 aromatic rings. The average molecular weight is 267 g/mol. The van der Waals surface area contributed by atoms with Gasteiger partial charge in [-0.05, 0) is 0 Å². The van der Waals surface area contributed by atoms with Crippen LogP contribution >= 0.6 is 0 Å². The molecule has 0 atom stereocenters. The van der Waals surface area contributed by atoms with Crippen molar-refractivity contribution < 1.29 is 92.0 Å². The van der Waals surface area contributed by atoms with Crippen molar-refractivity contribution in [3.63, 3.8) is 0 Å². The summed E-state index contributed by atoms with van der Waals surface area (Å²) < 4.78 is 0. The third-order valence-electron chi connectivity index (χ3n) is 0. The van der Waals surface area contributed by atoms with Crippen molar-refractivity contribution in [3.05, 3.63) is 0 Å². The molecule has 0 aliphatic carbocycles. The van der Waals surface area contributed by atoms with Crippen LogP contribution < -0.4 is 59.1 Å². The van der Waals surface area contributed by atoms with Crippen LogP contribution in [0, 0.1) is 0 Å². The van der Waals surface area contributed by atoms with Crippen LogP contribution in [0.15, 0.2) is 0 Å². The second-order valence-electron chi connectivity index (χ2n) is 0. The molecular weight excluding hydrogens is 261 g/mol. The Morgan fingerprint density at radius 2 is 0.333 bits per heavy atom. The van der Waals surface area contributed by atoms with Crippen molar-refractivity contribution in [1.82, 2.24) is 0 Å². The van der Waals surface area contributed by atoms with E-state index in [-0.39, 0.29) is 116 Å². The van der Waals surface area contributed by atoms with Gasteiger partial charge in [-0.25, -0.2) is 0 Å². The van der Waals surface area contributed by atoms with E-state index in [4.69, 9.17) is 0 Å². The van der Waals surface area contributed by atoms with Gasteiger partial charge in [0.2, 0.25) is 0 Å². The molecule has 6 nitrogen and oxygen atoms in total. The van der Waals surface area contributed by atoms with Crippen LogP contribution in [0.3, 0.4) is 0 Å². The summed E-state index contributed by atoms with van der Waals surface area (Å²) in [5.41, 5.74) is 0. The van der Waals surface area contributed by atoms with E-state index in [9.17, 15) is 0 Å². The third-order valence-corrected chi connectivity index (χ3v) is 0. The van der Waals surface area contributed by atoms with E-state index in [1.165, 1.54) is 0 Å². The van der Waals surface area contributed by atoms with Gasteiger partial charge < -0.3 is 32.9 Å². The SMILES string of the molecule is [Na+].[Na+].[OH-].[OH-].[OH-].[OH-].[OH-].[OH-].[Sn+4]. The maximum absolute atomic E-state index is 0. The van der Waals surface area contributed by atoms with Crippen LogP contribution in [0.5, 0.6) is 0 Å². The van der Waals surface area contributed by atoms with Crippen molar-refractivity contribution in [1.29, 1.82) is 0 Å². The first-order valence-corrected chi connectivity index (χ1v) is 0. The Hall–Kier alpha value is 2.56. The summed E-state index contributed by atoms with van der Waals surface area (Å²) in [7, 11) is 0. The topological polar surface area (TPSA) is 180 Å². The van der Waals surface area contributed by atoms with E-state index in [1.807, 2.05) is 0 Å². The second kappa shape index (κ2) is 147. The maximum Gasteiger partial charge on any atom is 4.00 e. The van der Waals surface area contributed by atoms with E-state index in [2.05, 4.69) is 0 Å². The quantitative estimate of drug-likeness (QED) is 0.392. The van der Waals surface area contributed by atoms with Gasteiger partial charge in [0.1, 0.15) is 0 Å². The summed E-state index contributed by atoms with van der Waals surface area (Å²) in [4.78, 5) is 0. The Morgan fingerprint density at radius 3 is 0.333 bits per heavy atom. The zero-order valence-corrected chi connectivity index (χ0v) is 12.0. The molecular formula is H6Na2O6Sn. The zero-order valence-electron chi connectivity index (χ0n) is 5.18. The van der Waals surface area contributed by atoms with Gasteiger partial charge in [-0.1, -0.05) is 0 Å². The Balaban J connectivity index is 0. The van der Waals surface area contributed by atoms with Gasteiger partial charge >= 0.3 is 83.0 Å². The molecule has 0 spiro atoms. The summed E-state index contributed by atoms with van der Waals surface area (Å²) in [6.07, 6.45) is 0. The van der Waals surface area contributed by atoms with Crippen LogP contribution in [0.4, 0.5) is 0 Å². The molecule has 0 saturated carbocycles. The first-order valence-electron chi connectivity index (χ1n) is 0. The van der Waals surface area contributed by atoms with Crippen molar-refractivity contribution in [2.45, 2.75) is 0 Å². The minimum atomic E-state index is 0. The molecule has 48 valence electrons. The minimum Gasteiger partial charge on any atom is -0.870 e. The van der Waals surface area contributed by atoms with Crippen LogP contribution in [-0.2, 0) is 0 Å². The Labute approximate surface area is 114 Å². The molecule has 0 radical (unpaired) electrons. The van der Waals surface area contributed by atoms with Crippen LogP contribution in [0.25, 0.3) is 0 Å². The van der Waals surface area contributed by atoms with E-state index in [0.717, 1.165) is 0 Å². The van der Waals surface area contributed by atoms with E-state index in [1.54, 1.807) is 0 Å². The predicted molar refractivity (Wildman–Crippen MR) is 17.4 cm³/mol. The van der Waals surface area contributed by atoms with E-state index in [0.29, 0.717) is 0 Å². The number of hydrogen-bond donors (Lipinski definition) is 0. The van der Waals surface area contributed by atoms with Crippen molar-refractivity contribution >= 4 is 23.9 Å². The molecule has 0 unspecified atom stereocenters. The molecule has 0 fully saturated rings. The molecule has 0 rings (SSSR count). The van der Waals surface area contributed by atoms with Crippen molar-refractivity contribution in [2.24, 2.45) is 0 Å². The second-order valence-corrected chi connectivity index (χ2v) is 0. The fraction of sp³-hybridized carbons (Fsp3) is 0. The molecule has 0 aliphatic heterocycles. The normalized spacial score (nSPS) is 0. The van der Waals surface area contributed by atoms with Gasteiger partial charge in [0.05, 0.1) is 0 Å². The van der Waals surface area contributed by atoms with Gasteiger partial charge in [-0.15, -0.1) is 0 Å². The predicted octanol–water partition coefficient (Wildman–Crippen LogP) is -7.43. The Morgan fingerprint density at radius 1 is 0.333 bits per heavy atom. The van der Waals surface area contributed by atoms with E-state index < -0.39 is 0 Å². The molecule has 0 bridgehead atoms. The smallest absolute Gasteiger partial charge is 0.870 e. The standard InChI is InChI=1S/2Na.6H2O.Sn/h;;6*1H2;/q2*+1;;;;;;;+4/p-6. The summed E-state index contributed by atoms with van der Waals surface area (Å²) >= 11 is 0. The Kier molecular flexibility index (Phi) is 3220. The van der Waals surface area contributed by atoms with Crippen LogP contribution in [0.2, 0.25) is 0 Å². The van der Waals surface area contributed by atoms with Gasteiger partial charge in [0.15, 0.2) is 0 Å². The molecule has 0 saturated heterocycles. The molecule has 0 amide bonds. The summed E-state index contributed by atoms with van der Waals surface area (Å²) in [5, 5.41) is 0. The number of rotatable bonds is 0. The summed E-state index contributed by atoms with van der Waals surface area (Å²) in [5.74, 6) is 0. The van der Waals surface area contributed by atoms with E-state index >= 15 is 0 Å². The van der Waals surface area contributed by atoms with Crippen molar-refractivity contribution in [2.75, 3.05) is 0 Å². The average Bonchev–Trinajstić information content (AvgIpc) is 0. The van der Waals surface area contributed by atoms with Gasteiger partial charge in [-0.2, -0.15) is 0 Å². The number of hydrogen-bond acceptors (Lipinski definition) is 6. The fourth-order valence-corrected chi connectivity index (χ4v) is 0. The molecule has 0 aromatic carbocycles. The maximum atomic E-state index is 0. The zero-order chi connectivity index (χ0) is 0. The largest absolute Gasteiger partial charge is 4.00 e. The monoisotopic (exact) mass is 268 g/mol. The van der Waals surface area contributed by atoms with Crippen LogP contribution in [0.1, 0.15) is 0 Å². The third kappa shape index (κ3) is 118. The van der Waals surface area contributed by atoms with Crippen molar-refractivity contribution in [3.8, 4) is 0 Å². The molecule has 9 heteroatoms. The Bertz CT molecular complexity index is 11.0. The minimum absolute atomic E-state index is 0. The first-order chi connectivity index (χ1) is 0. The molecule has 0 heterocycles. The summed E-state index contributed by atoms with van der Waals surface area (Å²) in [6.45, 7) is 0. The van der Waals surface area contributed by atoms with Gasteiger partial charge in [0, 0.05) is 0 Å². The molecule has 0 aromatic heterocycles. The molecule has 0 aliphatic rings. The first kappa shape index (κ1) is 197. The summed E-state index contributed by atoms with van der Waals surface area (Å²) in [6, 6.07) is 0. The van der Waals surface area contributed by atoms with Gasteiger partial charge in [0.25, 0.3) is 0 Å².